The van der Waals surface area contributed by atoms with Gasteiger partial charge in [0.1, 0.15) is 0 Å². The van der Waals surface area contributed by atoms with Crippen molar-refractivity contribution in [1.29, 1.82) is 0 Å². The van der Waals surface area contributed by atoms with Gasteiger partial charge in [0.05, 0.1) is 5.69 Å². The Kier molecular flexibility index (Phi) is 3.57. The first kappa shape index (κ1) is 12.1. The quantitative estimate of drug-likeness (QED) is 0.833. The zero-order chi connectivity index (χ0) is 13.0. The van der Waals surface area contributed by atoms with Gasteiger partial charge in [0.25, 0.3) is 5.91 Å². The van der Waals surface area contributed by atoms with Gasteiger partial charge in [-0.2, -0.15) is 5.10 Å². The zero-order valence-electron chi connectivity index (χ0n) is 10.3. The highest BCUT2D eigenvalue weighted by Crippen LogP contribution is 2.11. The van der Waals surface area contributed by atoms with E-state index in [1.165, 1.54) is 0 Å². The molecule has 92 valence electrons. The standard InChI is InChI=1S/C14H15N3O/c1-3-9-15-14(18)12-4-6-13(7-5-12)17-11(2)8-10-16-17/h3-8,10H,1,9H2,2H3,(H,15,18). The Balaban J connectivity index is 2.18. The minimum atomic E-state index is -0.0985. The van der Waals surface area contributed by atoms with Gasteiger partial charge in [0, 0.05) is 24.0 Å². The Morgan fingerprint density at radius 1 is 1.39 bits per heavy atom. The third kappa shape index (κ3) is 2.48. The topological polar surface area (TPSA) is 46.9 Å². The minimum absolute atomic E-state index is 0.0985. The Bertz CT molecular complexity index is 555. The van der Waals surface area contributed by atoms with E-state index in [1.807, 2.05) is 29.8 Å². The van der Waals surface area contributed by atoms with E-state index in [9.17, 15) is 4.79 Å². The molecule has 0 spiro atoms. The summed E-state index contributed by atoms with van der Waals surface area (Å²) in [6.45, 7) is 6.01. The summed E-state index contributed by atoms with van der Waals surface area (Å²) in [6, 6.07) is 9.26. The van der Waals surface area contributed by atoms with Gasteiger partial charge >= 0.3 is 0 Å². The fourth-order valence-electron chi connectivity index (χ4n) is 1.66. The van der Waals surface area contributed by atoms with Crippen molar-refractivity contribution in [2.75, 3.05) is 6.54 Å². The fourth-order valence-corrected chi connectivity index (χ4v) is 1.66. The number of carbonyl (C=O) groups excluding carboxylic acids is 1. The number of carbonyl (C=O) groups is 1. The molecule has 18 heavy (non-hydrogen) atoms. The van der Waals surface area contributed by atoms with E-state index in [0.29, 0.717) is 12.1 Å². The van der Waals surface area contributed by atoms with Gasteiger partial charge in [0.15, 0.2) is 0 Å². The molecule has 0 unspecified atom stereocenters. The third-order valence-corrected chi connectivity index (χ3v) is 2.61. The summed E-state index contributed by atoms with van der Waals surface area (Å²) in [5.74, 6) is -0.0985. The van der Waals surface area contributed by atoms with Crippen molar-refractivity contribution >= 4 is 5.91 Å². The van der Waals surface area contributed by atoms with Crippen LogP contribution in [0, 0.1) is 6.92 Å². The van der Waals surface area contributed by atoms with Gasteiger partial charge in [0.2, 0.25) is 0 Å². The molecule has 2 aromatic rings. The summed E-state index contributed by atoms with van der Waals surface area (Å²) in [5, 5.41) is 6.95. The van der Waals surface area contributed by atoms with Crippen LogP contribution in [0.25, 0.3) is 5.69 Å². The predicted octanol–water partition coefficient (Wildman–Crippen LogP) is 2.10. The number of aromatic nitrogens is 2. The maximum absolute atomic E-state index is 11.7. The Labute approximate surface area is 106 Å². The van der Waals surface area contributed by atoms with Crippen molar-refractivity contribution in [3.05, 3.63) is 60.4 Å². The van der Waals surface area contributed by atoms with Crippen LogP contribution in [0.15, 0.2) is 49.2 Å². The van der Waals surface area contributed by atoms with Crippen molar-refractivity contribution in [3.8, 4) is 5.69 Å². The van der Waals surface area contributed by atoms with Crippen LogP contribution >= 0.6 is 0 Å². The second-order valence-corrected chi connectivity index (χ2v) is 3.93. The smallest absolute Gasteiger partial charge is 0.251 e. The van der Waals surface area contributed by atoms with Crippen molar-refractivity contribution in [3.63, 3.8) is 0 Å². The summed E-state index contributed by atoms with van der Waals surface area (Å²) in [5.41, 5.74) is 2.63. The first-order valence-corrected chi connectivity index (χ1v) is 5.72. The van der Waals surface area contributed by atoms with Crippen LogP contribution < -0.4 is 5.32 Å². The van der Waals surface area contributed by atoms with Gasteiger partial charge < -0.3 is 5.32 Å². The maximum Gasteiger partial charge on any atom is 0.251 e. The lowest BCUT2D eigenvalue weighted by molar-refractivity contribution is 0.0958. The van der Waals surface area contributed by atoms with Gasteiger partial charge in [-0.3, -0.25) is 4.79 Å². The molecule has 0 saturated carbocycles. The first-order valence-electron chi connectivity index (χ1n) is 5.72. The second-order valence-electron chi connectivity index (χ2n) is 3.93. The number of rotatable bonds is 4. The number of hydrogen-bond acceptors (Lipinski definition) is 2. The molecule has 1 N–H and O–H groups in total. The molecular formula is C14H15N3O. The molecule has 1 amide bonds. The third-order valence-electron chi connectivity index (χ3n) is 2.61. The van der Waals surface area contributed by atoms with E-state index in [2.05, 4.69) is 17.0 Å². The van der Waals surface area contributed by atoms with Crippen LogP contribution in [-0.2, 0) is 0 Å². The lowest BCUT2D eigenvalue weighted by atomic mass is 10.2. The van der Waals surface area contributed by atoms with Crippen LogP contribution in [0.2, 0.25) is 0 Å². The summed E-state index contributed by atoms with van der Waals surface area (Å²) in [7, 11) is 0. The maximum atomic E-state index is 11.7. The summed E-state index contributed by atoms with van der Waals surface area (Å²) in [4.78, 5) is 11.7. The average Bonchev–Trinajstić information content (AvgIpc) is 2.82. The minimum Gasteiger partial charge on any atom is -0.349 e. The molecular weight excluding hydrogens is 226 g/mol. The lowest BCUT2D eigenvalue weighted by Gasteiger charge is -2.06. The number of nitrogens with one attached hydrogen (secondary N) is 1. The van der Waals surface area contributed by atoms with Crippen LogP contribution in [0.3, 0.4) is 0 Å². The van der Waals surface area contributed by atoms with E-state index in [1.54, 1.807) is 24.4 Å². The summed E-state index contributed by atoms with van der Waals surface area (Å²) >= 11 is 0. The lowest BCUT2D eigenvalue weighted by Crippen LogP contribution is -2.23. The molecule has 0 fully saturated rings. The molecule has 2 rings (SSSR count). The SMILES string of the molecule is C=CCNC(=O)c1ccc(-n2nccc2C)cc1. The molecule has 0 radical (unpaired) electrons. The van der Waals surface area contributed by atoms with Crippen molar-refractivity contribution < 1.29 is 4.79 Å². The number of hydrogen-bond donors (Lipinski definition) is 1. The Morgan fingerprint density at radius 2 is 2.11 bits per heavy atom. The number of aryl methyl sites for hydroxylation is 1. The normalized spacial score (nSPS) is 10.1. The second kappa shape index (κ2) is 5.31. The molecule has 0 bridgehead atoms. The molecule has 1 heterocycles. The largest absolute Gasteiger partial charge is 0.349 e. The van der Waals surface area contributed by atoms with E-state index in [4.69, 9.17) is 0 Å². The molecule has 0 aliphatic heterocycles. The molecule has 4 nitrogen and oxygen atoms in total. The molecule has 4 heteroatoms. The van der Waals surface area contributed by atoms with Crippen LogP contribution in [0.1, 0.15) is 16.1 Å². The first-order chi connectivity index (χ1) is 8.72. The van der Waals surface area contributed by atoms with Gasteiger partial charge in [-0.05, 0) is 37.3 Å². The van der Waals surface area contributed by atoms with Crippen molar-refractivity contribution in [1.82, 2.24) is 15.1 Å². The van der Waals surface area contributed by atoms with Gasteiger partial charge in [-0.25, -0.2) is 4.68 Å². The molecule has 0 saturated heterocycles. The van der Waals surface area contributed by atoms with E-state index in [0.717, 1.165) is 11.4 Å². The molecule has 1 aromatic carbocycles. The van der Waals surface area contributed by atoms with Crippen molar-refractivity contribution in [2.24, 2.45) is 0 Å². The highest BCUT2D eigenvalue weighted by molar-refractivity contribution is 5.94. The monoisotopic (exact) mass is 241 g/mol. The average molecular weight is 241 g/mol. The van der Waals surface area contributed by atoms with Crippen LogP contribution in [0.4, 0.5) is 0 Å². The van der Waals surface area contributed by atoms with E-state index in [-0.39, 0.29) is 5.91 Å². The molecule has 0 aliphatic carbocycles. The highest BCUT2D eigenvalue weighted by atomic mass is 16.1. The fraction of sp³-hybridized carbons (Fsp3) is 0.143. The predicted molar refractivity (Wildman–Crippen MR) is 70.8 cm³/mol. The van der Waals surface area contributed by atoms with Crippen LogP contribution in [0.5, 0.6) is 0 Å². The highest BCUT2D eigenvalue weighted by Gasteiger charge is 2.05. The number of amides is 1. The number of benzene rings is 1. The molecule has 0 aliphatic rings. The summed E-state index contributed by atoms with van der Waals surface area (Å²) < 4.78 is 1.82. The van der Waals surface area contributed by atoms with Crippen molar-refractivity contribution in [2.45, 2.75) is 6.92 Å². The zero-order valence-corrected chi connectivity index (χ0v) is 10.3. The Hall–Kier alpha value is -2.36. The molecule has 1 aromatic heterocycles. The van der Waals surface area contributed by atoms with Gasteiger partial charge in [-0.15, -0.1) is 6.58 Å². The van der Waals surface area contributed by atoms with E-state index < -0.39 is 0 Å². The van der Waals surface area contributed by atoms with Gasteiger partial charge in [-0.1, -0.05) is 6.08 Å². The van der Waals surface area contributed by atoms with Crippen LogP contribution in [-0.4, -0.2) is 22.2 Å². The summed E-state index contributed by atoms with van der Waals surface area (Å²) in [6.07, 6.45) is 3.40. The molecule has 0 atom stereocenters. The van der Waals surface area contributed by atoms with E-state index >= 15 is 0 Å². The Morgan fingerprint density at radius 3 is 2.67 bits per heavy atom. The number of nitrogens with zero attached hydrogens (tertiary/aromatic N) is 2.